The largest absolute Gasteiger partial charge is 0.422 e. The third kappa shape index (κ3) is 2.42. The molecular formula is C12H13NO5. The van der Waals surface area contributed by atoms with Crippen LogP contribution in [0, 0.1) is 0 Å². The summed E-state index contributed by atoms with van der Waals surface area (Å²) in [6.45, 7) is 1.90. The number of ether oxygens (including phenoxy) is 2. The molecule has 0 spiro atoms. The molecule has 18 heavy (non-hydrogen) atoms. The summed E-state index contributed by atoms with van der Waals surface area (Å²) >= 11 is 0. The van der Waals surface area contributed by atoms with E-state index in [1.165, 1.54) is 6.20 Å². The molecule has 1 aliphatic heterocycles. The van der Waals surface area contributed by atoms with E-state index < -0.39 is 11.9 Å². The maximum atomic E-state index is 11.7. The lowest BCUT2D eigenvalue weighted by Crippen LogP contribution is -2.23. The molecule has 1 aliphatic rings. The Labute approximate surface area is 103 Å². The van der Waals surface area contributed by atoms with Crippen molar-refractivity contribution in [3.05, 3.63) is 22.1 Å². The SMILES string of the molecule is CCCc1c2c(c[nH]c1=O)OC(=O)CCC(=O)O2. The number of esters is 2. The van der Waals surface area contributed by atoms with Crippen LogP contribution in [0.3, 0.4) is 0 Å². The summed E-state index contributed by atoms with van der Waals surface area (Å²) in [5.74, 6) is -0.881. The molecule has 2 rings (SSSR count). The Kier molecular flexibility index (Phi) is 3.45. The summed E-state index contributed by atoms with van der Waals surface area (Å²) in [7, 11) is 0. The number of rotatable bonds is 2. The summed E-state index contributed by atoms with van der Waals surface area (Å²) in [6.07, 6.45) is 2.33. The van der Waals surface area contributed by atoms with Crippen molar-refractivity contribution in [2.75, 3.05) is 0 Å². The van der Waals surface area contributed by atoms with Crippen LogP contribution in [0.15, 0.2) is 11.0 Å². The number of fused-ring (bicyclic) bond motifs is 1. The molecule has 0 saturated heterocycles. The second-order valence-corrected chi connectivity index (χ2v) is 3.99. The Morgan fingerprint density at radius 3 is 2.50 bits per heavy atom. The summed E-state index contributed by atoms with van der Waals surface area (Å²) in [5, 5.41) is 0. The van der Waals surface area contributed by atoms with Crippen molar-refractivity contribution in [3.63, 3.8) is 0 Å². The molecule has 1 N–H and O–H groups in total. The molecular weight excluding hydrogens is 238 g/mol. The van der Waals surface area contributed by atoms with Gasteiger partial charge in [-0.15, -0.1) is 0 Å². The topological polar surface area (TPSA) is 85.5 Å². The Bertz CT molecular complexity index is 546. The fraction of sp³-hybridized carbons (Fsp3) is 0.417. The highest BCUT2D eigenvalue weighted by Gasteiger charge is 2.23. The van der Waals surface area contributed by atoms with Gasteiger partial charge in [0.2, 0.25) is 0 Å². The van der Waals surface area contributed by atoms with Gasteiger partial charge >= 0.3 is 11.9 Å². The van der Waals surface area contributed by atoms with Crippen LogP contribution in [0.2, 0.25) is 0 Å². The zero-order chi connectivity index (χ0) is 13.1. The van der Waals surface area contributed by atoms with Gasteiger partial charge in [0.05, 0.1) is 24.6 Å². The van der Waals surface area contributed by atoms with Crippen LogP contribution in [0.5, 0.6) is 11.5 Å². The zero-order valence-electron chi connectivity index (χ0n) is 9.95. The molecule has 0 aliphatic carbocycles. The van der Waals surface area contributed by atoms with Crippen LogP contribution in [-0.2, 0) is 16.0 Å². The van der Waals surface area contributed by atoms with E-state index in [-0.39, 0.29) is 29.9 Å². The summed E-state index contributed by atoms with van der Waals surface area (Å²) < 4.78 is 10.2. The molecule has 6 heteroatoms. The van der Waals surface area contributed by atoms with Crippen molar-refractivity contribution in [1.29, 1.82) is 0 Å². The molecule has 0 atom stereocenters. The standard InChI is InChI=1S/C12H13NO5/c1-2-3-7-11-8(6-13-12(7)16)17-9(14)4-5-10(15)18-11/h6H,2-5H2,1H3,(H,13,16). The van der Waals surface area contributed by atoms with Crippen LogP contribution in [0.4, 0.5) is 0 Å². The first-order valence-corrected chi connectivity index (χ1v) is 5.77. The number of H-pyrrole nitrogens is 1. The normalized spacial score (nSPS) is 15.2. The van der Waals surface area contributed by atoms with Crippen molar-refractivity contribution < 1.29 is 19.1 Å². The smallest absolute Gasteiger partial charge is 0.311 e. The molecule has 96 valence electrons. The summed E-state index contributed by atoms with van der Waals surface area (Å²) in [5.41, 5.74) is -0.00178. The highest BCUT2D eigenvalue weighted by molar-refractivity contribution is 5.83. The van der Waals surface area contributed by atoms with Crippen molar-refractivity contribution in [1.82, 2.24) is 4.98 Å². The van der Waals surface area contributed by atoms with Crippen LogP contribution in [-0.4, -0.2) is 16.9 Å². The molecule has 0 aromatic carbocycles. The number of pyridine rings is 1. The fourth-order valence-corrected chi connectivity index (χ4v) is 1.74. The van der Waals surface area contributed by atoms with E-state index >= 15 is 0 Å². The summed E-state index contributed by atoms with van der Waals surface area (Å²) in [6, 6.07) is 0. The van der Waals surface area contributed by atoms with Gasteiger partial charge in [-0.3, -0.25) is 14.4 Å². The van der Waals surface area contributed by atoms with Gasteiger partial charge in [-0.2, -0.15) is 0 Å². The number of nitrogens with one attached hydrogen (secondary N) is 1. The van der Waals surface area contributed by atoms with Crippen LogP contribution >= 0.6 is 0 Å². The second-order valence-electron chi connectivity index (χ2n) is 3.99. The molecule has 6 nitrogen and oxygen atoms in total. The lowest BCUT2D eigenvalue weighted by molar-refractivity contribution is -0.142. The lowest BCUT2D eigenvalue weighted by atomic mass is 10.1. The molecule has 2 heterocycles. The molecule has 0 saturated carbocycles. The van der Waals surface area contributed by atoms with Gasteiger partial charge in [0.25, 0.3) is 5.56 Å². The molecule has 1 aromatic heterocycles. The van der Waals surface area contributed by atoms with Crippen LogP contribution in [0.25, 0.3) is 0 Å². The molecule has 0 fully saturated rings. The Morgan fingerprint density at radius 2 is 1.83 bits per heavy atom. The number of aromatic nitrogens is 1. The molecule has 0 bridgehead atoms. The van der Waals surface area contributed by atoms with E-state index in [1.807, 2.05) is 6.92 Å². The zero-order valence-corrected chi connectivity index (χ0v) is 9.95. The molecule has 0 unspecified atom stereocenters. The highest BCUT2D eigenvalue weighted by atomic mass is 16.6. The number of carbonyl (C=O) groups excluding carboxylic acids is 2. The van der Waals surface area contributed by atoms with Crippen LogP contribution in [0.1, 0.15) is 31.7 Å². The Balaban J connectivity index is 2.53. The van der Waals surface area contributed by atoms with Gasteiger partial charge in [-0.05, 0) is 6.42 Å². The third-order valence-electron chi connectivity index (χ3n) is 2.58. The van der Waals surface area contributed by atoms with Gasteiger partial charge in [0.1, 0.15) is 0 Å². The highest BCUT2D eigenvalue weighted by Crippen LogP contribution is 2.31. The Hall–Kier alpha value is -2.11. The van der Waals surface area contributed by atoms with E-state index in [0.717, 1.165) is 0 Å². The molecule has 0 amide bonds. The quantitative estimate of drug-likeness (QED) is 0.790. The van der Waals surface area contributed by atoms with Gasteiger partial charge in [0, 0.05) is 0 Å². The van der Waals surface area contributed by atoms with Gasteiger partial charge in [-0.25, -0.2) is 0 Å². The second kappa shape index (κ2) is 5.03. The van der Waals surface area contributed by atoms with E-state index in [4.69, 9.17) is 9.47 Å². The van der Waals surface area contributed by atoms with E-state index in [1.54, 1.807) is 0 Å². The average Bonchev–Trinajstić information content (AvgIpc) is 2.33. The van der Waals surface area contributed by atoms with Crippen molar-refractivity contribution in [3.8, 4) is 11.5 Å². The van der Waals surface area contributed by atoms with Crippen molar-refractivity contribution in [2.45, 2.75) is 32.6 Å². The summed E-state index contributed by atoms with van der Waals surface area (Å²) in [4.78, 5) is 37.0. The van der Waals surface area contributed by atoms with Gasteiger partial charge < -0.3 is 14.5 Å². The van der Waals surface area contributed by atoms with E-state index in [0.29, 0.717) is 18.4 Å². The number of hydrogen-bond donors (Lipinski definition) is 1. The maximum absolute atomic E-state index is 11.7. The fourth-order valence-electron chi connectivity index (χ4n) is 1.74. The average molecular weight is 251 g/mol. The predicted octanol–water partition coefficient (Wildman–Crippen LogP) is 0.932. The molecule has 0 radical (unpaired) electrons. The number of aromatic amines is 1. The first-order valence-electron chi connectivity index (χ1n) is 5.77. The predicted molar refractivity (Wildman–Crippen MR) is 61.6 cm³/mol. The third-order valence-corrected chi connectivity index (χ3v) is 2.58. The van der Waals surface area contributed by atoms with E-state index in [9.17, 15) is 14.4 Å². The maximum Gasteiger partial charge on any atom is 0.311 e. The first-order chi connectivity index (χ1) is 8.61. The van der Waals surface area contributed by atoms with Crippen molar-refractivity contribution >= 4 is 11.9 Å². The van der Waals surface area contributed by atoms with E-state index in [2.05, 4.69) is 4.98 Å². The number of carbonyl (C=O) groups is 2. The van der Waals surface area contributed by atoms with Crippen molar-refractivity contribution in [2.24, 2.45) is 0 Å². The lowest BCUT2D eigenvalue weighted by Gasteiger charge is -2.15. The van der Waals surface area contributed by atoms with Gasteiger partial charge in [-0.1, -0.05) is 13.3 Å². The minimum absolute atomic E-state index is 0.0273. The molecule has 1 aromatic rings. The monoisotopic (exact) mass is 251 g/mol. The minimum Gasteiger partial charge on any atom is -0.422 e. The Morgan fingerprint density at radius 1 is 1.17 bits per heavy atom. The van der Waals surface area contributed by atoms with Gasteiger partial charge in [0.15, 0.2) is 11.5 Å². The van der Waals surface area contributed by atoms with Crippen LogP contribution < -0.4 is 15.0 Å². The number of hydrogen-bond acceptors (Lipinski definition) is 5. The first kappa shape index (κ1) is 12.3. The minimum atomic E-state index is -0.532.